The van der Waals surface area contributed by atoms with E-state index < -0.39 is 0 Å². The van der Waals surface area contributed by atoms with Crippen molar-refractivity contribution in [3.63, 3.8) is 0 Å². The van der Waals surface area contributed by atoms with Gasteiger partial charge in [-0.3, -0.25) is 19.9 Å². The minimum Gasteiger partial charge on any atom is -0.256 e. The predicted octanol–water partition coefficient (Wildman–Crippen LogP) is 20.9. The van der Waals surface area contributed by atoms with Gasteiger partial charge in [0, 0.05) is 79.4 Å². The molecule has 0 N–H and O–H groups in total. The fraction of sp³-hybridized carbons (Fsp3) is 0. The number of benzene rings is 8. The summed E-state index contributed by atoms with van der Waals surface area (Å²) < 4.78 is 0. The van der Waals surface area contributed by atoms with E-state index in [1.54, 1.807) is 18.6 Å². The Labute approximate surface area is 672 Å². The molecule has 0 atom stereocenters. The number of hydrogen-bond donors (Lipinski definition) is 0. The van der Waals surface area contributed by atoms with Gasteiger partial charge in [0.05, 0.1) is 155 Å². The van der Waals surface area contributed by atoms with E-state index in [0.29, 0.717) is 226 Å². The number of hydrogen-bond acceptors (Lipinski definition) is 22. The van der Waals surface area contributed by atoms with Crippen molar-refractivity contribution in [2.75, 3.05) is 0 Å². The van der Waals surface area contributed by atoms with Crippen molar-refractivity contribution >= 4 is 231 Å². The maximum absolute atomic E-state index is 5.91. The smallest absolute Gasteiger partial charge is 0.120 e. The summed E-state index contributed by atoms with van der Waals surface area (Å²) in [6.45, 7) is 0. The molecule has 0 aliphatic carbocycles. The van der Waals surface area contributed by atoms with Crippen molar-refractivity contribution in [3.05, 3.63) is 280 Å². The molecule has 548 valence electrons. The highest BCUT2D eigenvalue weighted by Crippen LogP contribution is 2.44. The van der Waals surface area contributed by atoms with Gasteiger partial charge >= 0.3 is 0 Å². The molecule has 22 nitrogen and oxygen atoms in total. The van der Waals surface area contributed by atoms with Gasteiger partial charge in [-0.15, -0.1) is 0 Å². The van der Waals surface area contributed by atoms with Gasteiger partial charge in [0.25, 0.3) is 0 Å². The third-order valence-electron chi connectivity index (χ3n) is 23.2. The lowest BCUT2D eigenvalue weighted by molar-refractivity contribution is 1.29. The molecule has 0 fully saturated rings. The SMILES string of the molecule is c1ccc(-c2cccc3nc4c5nc6cccc(-c7cc(-c8cc9nc(c8)c8ccc%10c%11cccc(n%11)c%11cccc(n%11)c%11ccc%12c%13cccc(n%13)c%13cccc(n%13)c%13ccc(c%14cccc9n%14)c9nc%14c(nc%139)c9nc%12c%11nc9c9nc%10c8nc%149)ccn7)c6nc5c5nc6c(-c7ccccn7)ccc(-c7ccccn7)c6nc5c4nc23)nc1. The first-order valence-electron chi connectivity index (χ1n) is 39.0. The van der Waals surface area contributed by atoms with Gasteiger partial charge in [0.15, 0.2) is 0 Å². The van der Waals surface area contributed by atoms with Crippen LogP contribution < -0.4 is 0 Å². The van der Waals surface area contributed by atoms with E-state index in [1.165, 1.54) is 0 Å². The molecule has 19 heterocycles. The molecule has 120 heavy (non-hydrogen) atoms. The topological polar surface area (TPSA) is 284 Å². The highest BCUT2D eigenvalue weighted by Gasteiger charge is 2.28. The zero-order valence-corrected chi connectivity index (χ0v) is 62.4. The van der Waals surface area contributed by atoms with E-state index in [4.69, 9.17) is 110 Å². The van der Waals surface area contributed by atoms with Crippen LogP contribution in [0.15, 0.2) is 280 Å². The summed E-state index contributed by atoms with van der Waals surface area (Å²) >= 11 is 0. The summed E-state index contributed by atoms with van der Waals surface area (Å²) in [5, 5.41) is 4.35. The average Bonchev–Trinajstić information content (AvgIpc) is 0.706. The predicted molar refractivity (Wildman–Crippen MR) is 473 cm³/mol. The van der Waals surface area contributed by atoms with E-state index in [1.807, 2.05) is 206 Å². The summed E-state index contributed by atoms with van der Waals surface area (Å²) in [5.41, 5.74) is 28.0. The van der Waals surface area contributed by atoms with E-state index >= 15 is 0 Å². The molecule has 0 amide bonds. The Morgan fingerprint density at radius 3 is 0.750 bits per heavy atom. The van der Waals surface area contributed by atoms with Crippen LogP contribution in [0.2, 0.25) is 0 Å². The molecule has 0 aliphatic rings. The summed E-state index contributed by atoms with van der Waals surface area (Å²) in [6, 6.07) is 84.1. The molecule has 0 saturated carbocycles. The van der Waals surface area contributed by atoms with Crippen LogP contribution in [0.5, 0.6) is 0 Å². The van der Waals surface area contributed by atoms with Crippen LogP contribution in [-0.4, -0.2) is 110 Å². The zero-order chi connectivity index (χ0) is 78.1. The number of rotatable bonds is 5. The molecule has 22 heteroatoms. The van der Waals surface area contributed by atoms with Gasteiger partial charge in [-0.05, 0) is 193 Å². The minimum atomic E-state index is 0.451. The normalized spacial score (nSPS) is 12.3. The number of nitrogens with zero attached hydrogens (tertiary/aromatic N) is 22. The second-order valence-electron chi connectivity index (χ2n) is 30.0. The van der Waals surface area contributed by atoms with Gasteiger partial charge in [0.1, 0.15) is 66.2 Å². The second-order valence-corrected chi connectivity index (χ2v) is 30.0. The molecule has 27 rings (SSSR count). The first-order valence-corrected chi connectivity index (χ1v) is 39.0. The largest absolute Gasteiger partial charge is 0.256 e. The highest BCUT2D eigenvalue weighted by molar-refractivity contribution is 6.28. The molecular weight excluding hydrogens is 1490 g/mol. The van der Waals surface area contributed by atoms with Crippen molar-refractivity contribution in [1.82, 2.24) is 110 Å². The van der Waals surface area contributed by atoms with Crippen molar-refractivity contribution < 1.29 is 0 Å². The standard InChI is InChI=1S/C98H46N22/c1-4-40-99-59(16-1)49-14-7-29-72-77(49)111-89-87(109-72)88-90(92-91(89)113-79-51(60-17-2-5-41-100-60)31-32-52(80(79)114-92)61-18-3-6-42-101-61)112-78-50(15-8-30-73(78)110-88)74-44-47(39-43-102-74)48-45-75-58-38-37-57-65-22-12-27-70(106-65)69-26-10-20-63(104-69)54-34-33-53-62-19-9-24-67(103-62)68-25-11-21-64(105-68)55-35-36-56(66-23-13-28-71(107-66)76(46-48)108-75)84-83(55)117-94-93-95(116-82(54)81(53)115-93)97-98(96(94)118-84)120-86(58)85(57)119-97/h1-46H. The van der Waals surface area contributed by atoms with Crippen LogP contribution in [0.1, 0.15) is 0 Å². The van der Waals surface area contributed by atoms with Gasteiger partial charge in [0.2, 0.25) is 0 Å². The number of fused-ring (bicyclic) bond motifs is 30. The Morgan fingerprint density at radius 1 is 0.125 bits per heavy atom. The molecule has 8 aromatic carbocycles. The second kappa shape index (κ2) is 24.2. The quantitative estimate of drug-likeness (QED) is 0.114. The maximum atomic E-state index is 5.91. The third-order valence-corrected chi connectivity index (χ3v) is 23.2. The molecule has 0 spiro atoms. The fourth-order valence-electron chi connectivity index (χ4n) is 17.7. The Morgan fingerprint density at radius 2 is 0.392 bits per heavy atom. The summed E-state index contributed by atoms with van der Waals surface area (Å²) in [6.07, 6.45) is 7.17. The van der Waals surface area contributed by atoms with E-state index in [-0.39, 0.29) is 0 Å². The summed E-state index contributed by atoms with van der Waals surface area (Å²) in [7, 11) is 0. The van der Waals surface area contributed by atoms with Crippen LogP contribution >= 0.6 is 0 Å². The van der Waals surface area contributed by atoms with E-state index in [0.717, 1.165) is 61.1 Å². The van der Waals surface area contributed by atoms with Crippen molar-refractivity contribution in [2.24, 2.45) is 0 Å². The van der Waals surface area contributed by atoms with Gasteiger partial charge in [-0.2, -0.15) is 0 Å². The number of aromatic nitrogens is 22. The molecule has 0 unspecified atom stereocenters. The highest BCUT2D eigenvalue weighted by atomic mass is 15.0. The van der Waals surface area contributed by atoms with Crippen LogP contribution in [-0.2, 0) is 0 Å². The van der Waals surface area contributed by atoms with Crippen LogP contribution in [0.3, 0.4) is 0 Å². The van der Waals surface area contributed by atoms with Crippen molar-refractivity contribution in [3.8, 4) is 56.2 Å². The Balaban J connectivity index is 0.743. The lowest BCUT2D eigenvalue weighted by Crippen LogP contribution is -2.01. The monoisotopic (exact) mass is 1530 g/mol. The summed E-state index contributed by atoms with van der Waals surface area (Å²) in [5.74, 6) is 0. The van der Waals surface area contributed by atoms with Gasteiger partial charge < -0.3 is 0 Å². The molecule has 0 aliphatic heterocycles. The average molecular weight is 1530 g/mol. The Hall–Kier alpha value is -17.1. The molecule has 27 aromatic rings. The van der Waals surface area contributed by atoms with E-state index in [2.05, 4.69) is 54.6 Å². The molecule has 0 radical (unpaired) electrons. The maximum Gasteiger partial charge on any atom is 0.120 e. The number of para-hydroxylation sites is 2. The first kappa shape index (κ1) is 64.3. The molecule has 19 aromatic heterocycles. The fourth-order valence-corrected chi connectivity index (χ4v) is 17.7. The number of pyridine rings is 10. The lowest BCUT2D eigenvalue weighted by atomic mass is 10.0. The van der Waals surface area contributed by atoms with E-state index in [9.17, 15) is 0 Å². The van der Waals surface area contributed by atoms with Crippen LogP contribution in [0, 0.1) is 0 Å². The van der Waals surface area contributed by atoms with Crippen molar-refractivity contribution in [2.45, 2.75) is 0 Å². The summed E-state index contributed by atoms with van der Waals surface area (Å²) in [4.78, 5) is 121. The molecule has 24 bridgehead atoms. The molecule has 0 saturated heterocycles. The van der Waals surface area contributed by atoms with Crippen LogP contribution in [0.25, 0.3) is 287 Å². The first-order chi connectivity index (χ1) is 59.4. The zero-order valence-electron chi connectivity index (χ0n) is 62.4. The minimum absolute atomic E-state index is 0.451. The Bertz CT molecular complexity index is 9370. The lowest BCUT2D eigenvalue weighted by Gasteiger charge is -2.15. The third kappa shape index (κ3) is 9.41. The van der Waals surface area contributed by atoms with Gasteiger partial charge in [-0.25, -0.2) is 89.7 Å². The molecular formula is C98H46N22. The van der Waals surface area contributed by atoms with Gasteiger partial charge in [-0.1, -0.05) is 72.8 Å². The van der Waals surface area contributed by atoms with Crippen LogP contribution in [0.4, 0.5) is 0 Å². The Kier molecular flexibility index (Phi) is 13.0. The van der Waals surface area contributed by atoms with Crippen molar-refractivity contribution in [1.29, 1.82) is 0 Å².